The van der Waals surface area contributed by atoms with E-state index in [2.05, 4.69) is 0 Å². The first-order chi connectivity index (χ1) is 16.5. The lowest BCUT2D eigenvalue weighted by Gasteiger charge is -2.25. The van der Waals surface area contributed by atoms with Gasteiger partial charge in [-0.1, -0.05) is 31.1 Å². The molecule has 0 spiro atoms. The maximum absolute atomic E-state index is 14.8. The van der Waals surface area contributed by atoms with Crippen molar-refractivity contribution >= 4 is 16.8 Å². The Morgan fingerprint density at radius 2 is 1.57 bits per heavy atom. The highest BCUT2D eigenvalue weighted by atomic mass is 19.4. The van der Waals surface area contributed by atoms with E-state index in [4.69, 9.17) is 9.47 Å². The molecule has 3 aromatic rings. The summed E-state index contributed by atoms with van der Waals surface area (Å²) in [7, 11) is 0. The standard InChI is InChI=1S/C26H17F7O2/c1-14-12-34-23(35-13-14)5-2-15-8-21(28)24(22(29)9-15)16-3-4-18-17(10-16)11-20(27)19(25(18)30)6-7-26(31,32)33/h2-5,8-11,14,23H,12-13H2,1H3/b5-2+. The van der Waals surface area contributed by atoms with Crippen LogP contribution in [0.15, 0.2) is 42.5 Å². The molecule has 0 unspecified atom stereocenters. The molecule has 1 fully saturated rings. The Balaban J connectivity index is 1.66. The SMILES string of the molecule is CC1COC(/C=C/c2cc(F)c(-c3ccc4c(F)c(C#CC(F)(F)F)c(F)cc4c3)c(F)c2)OC1. The molecule has 9 heteroatoms. The van der Waals surface area contributed by atoms with Gasteiger partial charge in [-0.25, -0.2) is 17.6 Å². The number of fused-ring (bicyclic) bond motifs is 1. The number of hydrogen-bond donors (Lipinski definition) is 0. The number of ether oxygens (including phenoxy) is 2. The quantitative estimate of drug-likeness (QED) is 0.288. The highest BCUT2D eigenvalue weighted by molar-refractivity contribution is 5.89. The fourth-order valence-electron chi connectivity index (χ4n) is 3.61. The van der Waals surface area contributed by atoms with E-state index in [9.17, 15) is 30.7 Å². The molecule has 0 radical (unpaired) electrons. The third-order valence-electron chi connectivity index (χ3n) is 5.25. The van der Waals surface area contributed by atoms with Crippen LogP contribution in [0.1, 0.15) is 18.1 Å². The normalized spacial score (nSPS) is 18.6. The van der Waals surface area contributed by atoms with Crippen LogP contribution in [0, 0.1) is 41.0 Å². The van der Waals surface area contributed by atoms with E-state index in [0.29, 0.717) is 13.2 Å². The summed E-state index contributed by atoms with van der Waals surface area (Å²) in [6, 6.07) is 6.36. The van der Waals surface area contributed by atoms with Gasteiger partial charge in [0.15, 0.2) is 6.29 Å². The summed E-state index contributed by atoms with van der Waals surface area (Å²) in [6.45, 7) is 2.95. The fraction of sp³-hybridized carbons (Fsp3) is 0.231. The van der Waals surface area contributed by atoms with Gasteiger partial charge in [0.1, 0.15) is 23.3 Å². The monoisotopic (exact) mass is 494 g/mol. The van der Waals surface area contributed by atoms with E-state index < -0.39 is 46.9 Å². The van der Waals surface area contributed by atoms with Gasteiger partial charge in [-0.2, -0.15) is 13.2 Å². The van der Waals surface area contributed by atoms with E-state index >= 15 is 0 Å². The Kier molecular flexibility index (Phi) is 6.88. The van der Waals surface area contributed by atoms with Gasteiger partial charge in [-0.15, -0.1) is 0 Å². The van der Waals surface area contributed by atoms with E-state index in [1.807, 2.05) is 6.92 Å². The van der Waals surface area contributed by atoms with Gasteiger partial charge in [0.25, 0.3) is 0 Å². The Bertz CT molecular complexity index is 1340. The smallest absolute Gasteiger partial charge is 0.349 e. The topological polar surface area (TPSA) is 18.5 Å². The minimum absolute atomic E-state index is 0.0103. The molecule has 0 aromatic heterocycles. The molecule has 2 nitrogen and oxygen atoms in total. The van der Waals surface area contributed by atoms with E-state index in [-0.39, 0.29) is 27.8 Å². The van der Waals surface area contributed by atoms with Crippen LogP contribution in [0.2, 0.25) is 0 Å². The van der Waals surface area contributed by atoms with E-state index in [0.717, 1.165) is 36.3 Å². The van der Waals surface area contributed by atoms with Crippen LogP contribution < -0.4 is 0 Å². The van der Waals surface area contributed by atoms with Crippen molar-refractivity contribution in [3.63, 3.8) is 0 Å². The molecule has 0 atom stereocenters. The Hall–Kier alpha value is -3.35. The maximum atomic E-state index is 14.8. The van der Waals surface area contributed by atoms with Gasteiger partial charge in [0.2, 0.25) is 0 Å². The zero-order valence-corrected chi connectivity index (χ0v) is 18.1. The van der Waals surface area contributed by atoms with Crippen LogP contribution in [0.25, 0.3) is 28.0 Å². The molecule has 1 heterocycles. The summed E-state index contributed by atoms with van der Waals surface area (Å²) < 4.78 is 106. The van der Waals surface area contributed by atoms with Crippen molar-refractivity contribution in [1.29, 1.82) is 0 Å². The Morgan fingerprint density at radius 3 is 2.20 bits per heavy atom. The lowest BCUT2D eigenvalue weighted by atomic mass is 9.97. The van der Waals surface area contributed by atoms with Crippen LogP contribution in [0.5, 0.6) is 0 Å². The predicted octanol–water partition coefficient (Wildman–Crippen LogP) is 7.00. The maximum Gasteiger partial charge on any atom is 0.458 e. The molecule has 0 N–H and O–H groups in total. The molecule has 3 aromatic carbocycles. The Morgan fingerprint density at radius 1 is 0.914 bits per heavy atom. The zero-order chi connectivity index (χ0) is 25.3. The van der Waals surface area contributed by atoms with Gasteiger partial charge >= 0.3 is 6.18 Å². The molecule has 182 valence electrons. The first-order valence-electron chi connectivity index (χ1n) is 10.4. The second-order valence-electron chi connectivity index (χ2n) is 8.09. The van der Waals surface area contributed by atoms with Gasteiger partial charge in [0, 0.05) is 17.2 Å². The van der Waals surface area contributed by atoms with Crippen molar-refractivity contribution in [2.24, 2.45) is 5.92 Å². The summed E-state index contributed by atoms with van der Waals surface area (Å²) in [5.74, 6) is -1.94. The van der Waals surface area contributed by atoms with Crippen molar-refractivity contribution in [2.45, 2.75) is 19.4 Å². The summed E-state index contributed by atoms with van der Waals surface area (Å²) in [4.78, 5) is 0. The first-order valence-corrected chi connectivity index (χ1v) is 10.4. The lowest BCUT2D eigenvalue weighted by Crippen LogP contribution is -2.28. The largest absolute Gasteiger partial charge is 0.458 e. The summed E-state index contributed by atoms with van der Waals surface area (Å²) in [6.07, 6.45) is -2.58. The average molecular weight is 494 g/mol. The van der Waals surface area contributed by atoms with Crippen LogP contribution in [0.3, 0.4) is 0 Å². The third-order valence-corrected chi connectivity index (χ3v) is 5.25. The number of benzene rings is 3. The number of rotatable bonds is 3. The molecule has 1 aliphatic rings. The van der Waals surface area contributed by atoms with Crippen LogP contribution in [0.4, 0.5) is 30.7 Å². The third kappa shape index (κ3) is 5.66. The molecule has 0 bridgehead atoms. The van der Waals surface area contributed by atoms with Gasteiger partial charge < -0.3 is 9.47 Å². The molecule has 0 aliphatic carbocycles. The van der Waals surface area contributed by atoms with Crippen molar-refractivity contribution in [3.05, 3.63) is 76.9 Å². The zero-order valence-electron chi connectivity index (χ0n) is 18.1. The summed E-state index contributed by atoms with van der Waals surface area (Å²) in [5.41, 5.74) is -1.27. The molecular weight excluding hydrogens is 477 g/mol. The number of alkyl halides is 3. The highest BCUT2D eigenvalue weighted by Gasteiger charge is 2.24. The second-order valence-corrected chi connectivity index (χ2v) is 8.09. The molecule has 1 saturated heterocycles. The molecular formula is C26H17F7O2. The first kappa shape index (κ1) is 24.8. The van der Waals surface area contributed by atoms with Gasteiger partial charge in [0.05, 0.1) is 24.3 Å². The van der Waals surface area contributed by atoms with Gasteiger partial charge in [-0.05, 0) is 46.9 Å². The van der Waals surface area contributed by atoms with Crippen molar-refractivity contribution in [2.75, 3.05) is 13.2 Å². The predicted molar refractivity (Wildman–Crippen MR) is 116 cm³/mol. The number of hydrogen-bond acceptors (Lipinski definition) is 2. The second kappa shape index (κ2) is 9.72. The van der Waals surface area contributed by atoms with Gasteiger partial charge in [-0.3, -0.25) is 0 Å². The van der Waals surface area contributed by atoms with E-state index in [1.165, 1.54) is 24.1 Å². The van der Waals surface area contributed by atoms with Crippen LogP contribution in [-0.4, -0.2) is 25.7 Å². The van der Waals surface area contributed by atoms with Crippen molar-refractivity contribution in [3.8, 4) is 23.0 Å². The molecule has 35 heavy (non-hydrogen) atoms. The highest BCUT2D eigenvalue weighted by Crippen LogP contribution is 2.32. The molecule has 1 aliphatic heterocycles. The van der Waals surface area contributed by atoms with Crippen molar-refractivity contribution < 1.29 is 40.2 Å². The minimum atomic E-state index is -4.93. The van der Waals surface area contributed by atoms with Crippen LogP contribution >= 0.6 is 0 Å². The summed E-state index contributed by atoms with van der Waals surface area (Å²) in [5, 5.41) is -0.345. The number of halogens is 7. The fourth-order valence-corrected chi connectivity index (χ4v) is 3.61. The Labute approximate surface area is 196 Å². The minimum Gasteiger partial charge on any atom is -0.349 e. The lowest BCUT2D eigenvalue weighted by molar-refractivity contribution is -0.170. The summed E-state index contributed by atoms with van der Waals surface area (Å²) >= 11 is 0. The molecule has 4 rings (SSSR count). The average Bonchev–Trinajstić information content (AvgIpc) is 2.77. The van der Waals surface area contributed by atoms with E-state index in [1.54, 1.807) is 0 Å². The van der Waals surface area contributed by atoms with Crippen LogP contribution in [-0.2, 0) is 9.47 Å². The molecule has 0 saturated carbocycles. The molecule has 0 amide bonds. The van der Waals surface area contributed by atoms with Crippen molar-refractivity contribution in [1.82, 2.24) is 0 Å².